The summed E-state index contributed by atoms with van der Waals surface area (Å²) in [4.78, 5) is 55.3. The van der Waals surface area contributed by atoms with Crippen LogP contribution in [0.15, 0.2) is 28.7 Å². The van der Waals surface area contributed by atoms with Crippen molar-refractivity contribution >= 4 is 45.7 Å². The molecule has 4 N–H and O–H groups in total. The van der Waals surface area contributed by atoms with E-state index < -0.39 is 40.1 Å². The van der Waals surface area contributed by atoms with Crippen molar-refractivity contribution in [3.63, 3.8) is 0 Å². The Kier molecular flexibility index (Phi) is 9.23. The number of nitrogens with two attached hydrogens (primary N) is 1. The van der Waals surface area contributed by atoms with Crippen molar-refractivity contribution in [2.75, 3.05) is 24.6 Å². The van der Waals surface area contributed by atoms with Gasteiger partial charge in [-0.15, -0.1) is 0 Å². The number of benzene rings is 1. The predicted octanol–water partition coefficient (Wildman–Crippen LogP) is 5.80. The van der Waals surface area contributed by atoms with E-state index in [1.54, 1.807) is 10.6 Å². The van der Waals surface area contributed by atoms with Crippen molar-refractivity contribution in [2.45, 2.75) is 121 Å². The molecule has 0 amide bonds. The summed E-state index contributed by atoms with van der Waals surface area (Å²) in [6, 6.07) is 1.01. The maximum absolute atomic E-state index is 15.8. The fraction of sp³-hybridized carbons (Fsp3) is 0.659. The van der Waals surface area contributed by atoms with E-state index in [-0.39, 0.29) is 88.6 Å². The number of aromatic nitrogens is 1. The standard InChI is InChI=1S/C41H51ClFN3O7/c1-39-13-10-25(47)17-22(39)6-9-26-29-11-14-41(52,40(29,2)19-31(48)33(26)39)32(49)12-16-53-38(51)28-21-46(24-7-8-24)35-27(37(28)50)18-30(43)36(34(35)42)45-15-4-3-5-23(44)20-45/h17-18,21,23-24,26,29,31,33,48,52H,3-16,19-20,44H2,1-2H3/t23-,26?,29?,31+,33?,39+,40+,41+/m1/s1. The summed E-state index contributed by atoms with van der Waals surface area (Å²) in [5.74, 6) is -1.81. The van der Waals surface area contributed by atoms with Crippen LogP contribution in [0, 0.1) is 34.4 Å². The van der Waals surface area contributed by atoms with Crippen molar-refractivity contribution in [1.82, 2.24) is 4.57 Å². The second kappa shape index (κ2) is 13.3. The number of anilines is 1. The second-order valence-electron chi connectivity index (χ2n) is 17.4. The topological polar surface area (TPSA) is 152 Å². The first kappa shape index (κ1) is 36.8. The molecule has 286 valence electrons. The molecule has 0 bridgehead atoms. The van der Waals surface area contributed by atoms with Crippen molar-refractivity contribution in [2.24, 2.45) is 34.3 Å². The largest absolute Gasteiger partial charge is 0.461 e. The summed E-state index contributed by atoms with van der Waals surface area (Å²) in [7, 11) is 0. The lowest BCUT2D eigenvalue weighted by Crippen LogP contribution is -2.61. The van der Waals surface area contributed by atoms with Crippen LogP contribution in [0.4, 0.5) is 10.1 Å². The Labute approximate surface area is 313 Å². The third kappa shape index (κ3) is 5.82. The molecule has 1 aromatic heterocycles. The number of halogens is 2. The number of pyridine rings is 1. The molecular weight excluding hydrogens is 701 g/mol. The molecule has 5 fully saturated rings. The Morgan fingerprint density at radius 1 is 1.09 bits per heavy atom. The molecular formula is C41H51ClFN3O7. The minimum absolute atomic E-state index is 0.0137. The summed E-state index contributed by atoms with van der Waals surface area (Å²) in [6.07, 6.45) is 10.4. The fourth-order valence-corrected chi connectivity index (χ4v) is 12.0. The summed E-state index contributed by atoms with van der Waals surface area (Å²) in [6.45, 7) is 4.76. The first-order valence-electron chi connectivity index (χ1n) is 19.6. The van der Waals surface area contributed by atoms with Crippen LogP contribution in [0.25, 0.3) is 10.9 Å². The molecule has 53 heavy (non-hydrogen) atoms. The van der Waals surface area contributed by atoms with E-state index in [2.05, 4.69) is 6.92 Å². The van der Waals surface area contributed by atoms with E-state index in [9.17, 15) is 29.4 Å². The zero-order chi connectivity index (χ0) is 37.6. The van der Waals surface area contributed by atoms with Crippen LogP contribution in [0.3, 0.4) is 0 Å². The Morgan fingerprint density at radius 2 is 1.87 bits per heavy atom. The molecule has 1 aliphatic heterocycles. The minimum Gasteiger partial charge on any atom is -0.461 e. The lowest BCUT2D eigenvalue weighted by atomic mass is 9.45. The van der Waals surface area contributed by atoms with Crippen LogP contribution in [-0.2, 0) is 14.3 Å². The molecule has 10 nitrogen and oxygen atoms in total. The van der Waals surface area contributed by atoms with Crippen molar-refractivity contribution in [3.05, 3.63) is 50.5 Å². The second-order valence-corrected chi connectivity index (χ2v) is 17.8. The molecule has 1 aromatic carbocycles. The van der Waals surface area contributed by atoms with Crippen molar-refractivity contribution in [1.29, 1.82) is 0 Å². The molecule has 0 radical (unpaired) electrons. The van der Waals surface area contributed by atoms with Gasteiger partial charge in [-0.25, -0.2) is 9.18 Å². The number of Topliss-reactive ketones (excluding diaryl/α,β-unsaturated/α-hetero) is 1. The number of carbonyl (C=O) groups excluding carboxylic acids is 3. The predicted molar refractivity (Wildman–Crippen MR) is 198 cm³/mol. The first-order valence-corrected chi connectivity index (χ1v) is 20.0. The highest BCUT2D eigenvalue weighted by Crippen LogP contribution is 2.67. The number of ketones is 2. The van der Waals surface area contributed by atoms with Crippen LogP contribution >= 0.6 is 11.6 Å². The van der Waals surface area contributed by atoms with Crippen LogP contribution in [0.1, 0.15) is 114 Å². The highest BCUT2D eigenvalue weighted by atomic mass is 35.5. The molecule has 5 aliphatic carbocycles. The van der Waals surface area contributed by atoms with Gasteiger partial charge in [0.25, 0.3) is 0 Å². The number of hydrogen-bond donors (Lipinski definition) is 3. The molecule has 2 heterocycles. The van der Waals surface area contributed by atoms with Gasteiger partial charge in [0, 0.05) is 49.6 Å². The number of aliphatic hydroxyl groups is 2. The van der Waals surface area contributed by atoms with Gasteiger partial charge in [0.2, 0.25) is 5.43 Å². The van der Waals surface area contributed by atoms with Crippen LogP contribution < -0.4 is 16.1 Å². The molecule has 6 aliphatic rings. The van der Waals surface area contributed by atoms with Gasteiger partial charge in [0.1, 0.15) is 17.0 Å². The van der Waals surface area contributed by atoms with Crippen molar-refractivity contribution in [3.8, 4) is 0 Å². The van der Waals surface area contributed by atoms with E-state index in [0.29, 0.717) is 37.9 Å². The molecule has 1 saturated heterocycles. The number of ether oxygens (including phenoxy) is 1. The van der Waals surface area contributed by atoms with E-state index >= 15 is 4.39 Å². The monoisotopic (exact) mass is 751 g/mol. The number of allylic oxidation sites excluding steroid dienone is 1. The maximum Gasteiger partial charge on any atom is 0.343 e. The molecule has 8 rings (SSSR count). The zero-order valence-corrected chi connectivity index (χ0v) is 31.4. The van der Waals surface area contributed by atoms with Gasteiger partial charge in [0.05, 0.1) is 34.3 Å². The third-order valence-corrected chi connectivity index (χ3v) is 14.8. The summed E-state index contributed by atoms with van der Waals surface area (Å²) in [5, 5.41) is 23.9. The quantitative estimate of drug-likeness (QED) is 0.299. The van der Waals surface area contributed by atoms with Crippen LogP contribution in [0.5, 0.6) is 0 Å². The number of nitrogens with zero attached hydrogens (tertiary/aromatic N) is 2. The molecule has 3 unspecified atom stereocenters. The maximum atomic E-state index is 15.8. The number of carbonyl (C=O) groups is 3. The number of hydrogen-bond acceptors (Lipinski definition) is 9. The van der Waals surface area contributed by atoms with Gasteiger partial charge in [-0.3, -0.25) is 14.4 Å². The average Bonchev–Trinajstić information content (AvgIpc) is 3.93. The molecule has 8 atom stereocenters. The van der Waals surface area contributed by atoms with E-state index in [0.717, 1.165) is 56.6 Å². The molecule has 4 saturated carbocycles. The summed E-state index contributed by atoms with van der Waals surface area (Å²) < 4.78 is 23.1. The third-order valence-electron chi connectivity index (χ3n) is 14.4. The Morgan fingerprint density at radius 3 is 2.62 bits per heavy atom. The van der Waals surface area contributed by atoms with Gasteiger partial charge in [-0.1, -0.05) is 37.4 Å². The van der Waals surface area contributed by atoms with Crippen LogP contribution in [-0.4, -0.2) is 69.8 Å². The normalized spacial score (nSPS) is 35.6. The fourth-order valence-electron chi connectivity index (χ4n) is 11.6. The highest BCUT2D eigenvalue weighted by Gasteiger charge is 2.68. The number of esters is 1. The lowest BCUT2D eigenvalue weighted by molar-refractivity contribution is -0.181. The SMILES string of the molecule is C[C@]12CCC(=O)C=C1CCC1C2[C@@H](O)C[C@@]2(C)C1CC[C@]2(O)C(=O)CCOC(=O)c1cn(C2CC2)c2c(Cl)c(N3CCCC[C@@H](N)C3)c(F)cc2c1=O. The highest BCUT2D eigenvalue weighted by molar-refractivity contribution is 6.38. The number of aliphatic hydroxyl groups excluding tert-OH is 1. The lowest BCUT2D eigenvalue weighted by Gasteiger charge is -2.60. The van der Waals surface area contributed by atoms with Gasteiger partial charge in [0.15, 0.2) is 11.6 Å². The van der Waals surface area contributed by atoms with Gasteiger partial charge >= 0.3 is 5.97 Å². The molecule has 0 spiro atoms. The van der Waals surface area contributed by atoms with Gasteiger partial charge < -0.3 is 30.2 Å². The molecule has 12 heteroatoms. The first-order chi connectivity index (χ1) is 25.2. The summed E-state index contributed by atoms with van der Waals surface area (Å²) >= 11 is 6.91. The Bertz CT molecular complexity index is 1980. The number of fused-ring (bicyclic) bond motifs is 6. The van der Waals surface area contributed by atoms with E-state index in [1.165, 1.54) is 6.20 Å². The van der Waals surface area contributed by atoms with Crippen molar-refractivity contribution < 1.29 is 33.7 Å². The smallest absolute Gasteiger partial charge is 0.343 e. The zero-order valence-electron chi connectivity index (χ0n) is 30.7. The summed E-state index contributed by atoms with van der Waals surface area (Å²) in [5.41, 5.74) is 4.14. The average molecular weight is 752 g/mol. The van der Waals surface area contributed by atoms with Gasteiger partial charge in [-0.05, 0) is 99.5 Å². The molecule has 2 aromatic rings. The van der Waals surface area contributed by atoms with Crippen LogP contribution in [0.2, 0.25) is 5.02 Å². The minimum atomic E-state index is -1.71. The number of rotatable bonds is 7. The van der Waals surface area contributed by atoms with Gasteiger partial charge in [-0.2, -0.15) is 0 Å². The van der Waals surface area contributed by atoms with E-state index in [4.69, 9.17) is 22.1 Å². The Hall–Kier alpha value is -3.12. The Balaban J connectivity index is 0.998. The van der Waals surface area contributed by atoms with E-state index in [1.807, 2.05) is 11.8 Å².